The average Bonchev–Trinajstić information content (AvgIpc) is 3.23. The summed E-state index contributed by atoms with van der Waals surface area (Å²) in [5, 5.41) is 2.18. The van der Waals surface area contributed by atoms with Gasteiger partial charge in [-0.3, -0.25) is 14.4 Å². The van der Waals surface area contributed by atoms with E-state index >= 15 is 0 Å². The highest BCUT2D eigenvalue weighted by Gasteiger charge is 2.36. The Morgan fingerprint density at radius 2 is 1.92 bits per heavy atom. The minimum absolute atomic E-state index is 0.0220. The normalized spacial score (nSPS) is 15.5. The highest BCUT2D eigenvalue weighted by atomic mass is 19.1. The second kappa shape index (κ2) is 10.1. The first-order valence-corrected chi connectivity index (χ1v) is 12.0. The monoisotopic (exact) mass is 494 g/mol. The van der Waals surface area contributed by atoms with E-state index in [-0.39, 0.29) is 41.5 Å². The van der Waals surface area contributed by atoms with Gasteiger partial charge in [0.25, 0.3) is 5.56 Å². The zero-order valence-corrected chi connectivity index (χ0v) is 21.0. The van der Waals surface area contributed by atoms with Crippen molar-refractivity contribution in [1.82, 2.24) is 10.1 Å². The number of amides is 1. The van der Waals surface area contributed by atoms with Gasteiger partial charge in [-0.2, -0.15) is 5.16 Å². The van der Waals surface area contributed by atoms with Gasteiger partial charge in [0, 0.05) is 19.0 Å². The highest BCUT2D eigenvalue weighted by molar-refractivity contribution is 5.92. The fourth-order valence-electron chi connectivity index (χ4n) is 4.72. The molecule has 0 radical (unpaired) electrons. The van der Waals surface area contributed by atoms with Crippen molar-refractivity contribution in [3.63, 3.8) is 0 Å². The van der Waals surface area contributed by atoms with Gasteiger partial charge in [-0.15, -0.1) is 0 Å². The summed E-state index contributed by atoms with van der Waals surface area (Å²) in [6, 6.07) is 10.8. The van der Waals surface area contributed by atoms with Crippen LogP contribution in [0.4, 0.5) is 4.39 Å². The summed E-state index contributed by atoms with van der Waals surface area (Å²) in [6.07, 6.45) is 0.966. The molecule has 36 heavy (non-hydrogen) atoms. The first-order chi connectivity index (χ1) is 17.0. The molecule has 0 saturated heterocycles. The molecular formula is C28H31FN2O5. The van der Waals surface area contributed by atoms with Crippen LogP contribution in [-0.4, -0.2) is 35.4 Å². The first kappa shape index (κ1) is 25.4. The Morgan fingerprint density at radius 1 is 1.14 bits per heavy atom. The molecule has 0 bridgehead atoms. The fraction of sp³-hybridized carbons (Fsp3) is 0.393. The molecule has 3 aromatic rings. The molecular weight excluding hydrogens is 463 g/mol. The number of Topliss-reactive ketones (excluding diaryl/α,β-unsaturated/α-hetero) is 1. The quantitative estimate of drug-likeness (QED) is 0.532. The third kappa shape index (κ3) is 5.75. The molecule has 1 N–H and O–H groups in total. The van der Waals surface area contributed by atoms with Crippen molar-refractivity contribution in [3.8, 4) is 5.75 Å². The number of nitrogens with one attached hydrogen (secondary N) is 1. The molecule has 7 nitrogen and oxygen atoms in total. The summed E-state index contributed by atoms with van der Waals surface area (Å²) in [4.78, 5) is 39.8. The Morgan fingerprint density at radius 3 is 2.56 bits per heavy atom. The summed E-state index contributed by atoms with van der Waals surface area (Å²) in [5.41, 5.74) is 2.32. The van der Waals surface area contributed by atoms with Crippen LogP contribution in [0.1, 0.15) is 54.8 Å². The maximum atomic E-state index is 14.8. The lowest BCUT2D eigenvalue weighted by Crippen LogP contribution is -2.44. The predicted molar refractivity (Wildman–Crippen MR) is 132 cm³/mol. The largest absolute Gasteiger partial charge is 0.497 e. The van der Waals surface area contributed by atoms with Gasteiger partial charge >= 0.3 is 0 Å². The Kier molecular flexibility index (Phi) is 7.15. The van der Waals surface area contributed by atoms with E-state index in [9.17, 15) is 18.8 Å². The van der Waals surface area contributed by atoms with Crippen LogP contribution in [0.3, 0.4) is 0 Å². The second-order valence-electron chi connectivity index (χ2n) is 10.5. The van der Waals surface area contributed by atoms with Crippen LogP contribution in [0.5, 0.6) is 5.75 Å². The summed E-state index contributed by atoms with van der Waals surface area (Å²) in [7, 11) is 1.57. The molecule has 1 unspecified atom stereocenters. The molecule has 0 saturated carbocycles. The molecule has 190 valence electrons. The summed E-state index contributed by atoms with van der Waals surface area (Å²) in [6.45, 7) is 6.46. The molecule has 8 heteroatoms. The molecule has 2 heterocycles. The molecule has 4 rings (SSSR count). The maximum absolute atomic E-state index is 14.8. The van der Waals surface area contributed by atoms with Crippen LogP contribution >= 0.6 is 0 Å². The number of hydrogen-bond acceptors (Lipinski definition) is 5. The van der Waals surface area contributed by atoms with Crippen LogP contribution in [0, 0.1) is 11.2 Å². The summed E-state index contributed by atoms with van der Waals surface area (Å²) >= 11 is 0. The van der Waals surface area contributed by atoms with Crippen molar-refractivity contribution in [1.29, 1.82) is 0 Å². The van der Waals surface area contributed by atoms with Crippen molar-refractivity contribution >= 4 is 11.7 Å². The number of carbonyl (C=O) groups is 2. The van der Waals surface area contributed by atoms with Crippen LogP contribution in [0.15, 0.2) is 51.8 Å². The number of aromatic amines is 1. The van der Waals surface area contributed by atoms with Gasteiger partial charge in [0.05, 0.1) is 13.5 Å². The SMILES string of the molecule is COc1ccc2c(c1)CCN(C(=O)Cc1cc(=O)[nH]o1)C2C(=O)Cc1ccc(CC(C)(C)C)c(F)c1. The van der Waals surface area contributed by atoms with Gasteiger partial charge in [-0.05, 0) is 58.7 Å². The second-order valence-corrected chi connectivity index (χ2v) is 10.5. The zero-order valence-electron chi connectivity index (χ0n) is 21.0. The third-order valence-electron chi connectivity index (χ3n) is 6.32. The lowest BCUT2D eigenvalue weighted by Gasteiger charge is -2.36. The van der Waals surface area contributed by atoms with Crippen molar-refractivity contribution in [3.05, 3.63) is 86.6 Å². The van der Waals surface area contributed by atoms with Crippen LogP contribution in [0.25, 0.3) is 0 Å². The highest BCUT2D eigenvalue weighted by Crippen LogP contribution is 2.34. The number of carbonyl (C=O) groups excluding carboxylic acids is 2. The number of halogens is 1. The number of hydrogen-bond donors (Lipinski definition) is 1. The number of nitrogens with zero attached hydrogens (tertiary/aromatic N) is 1. The van der Waals surface area contributed by atoms with Gasteiger partial charge in [-0.1, -0.05) is 39.0 Å². The minimum atomic E-state index is -0.838. The number of ether oxygens (including phenoxy) is 1. The van der Waals surface area contributed by atoms with Crippen LogP contribution in [0.2, 0.25) is 0 Å². The molecule has 1 atom stereocenters. The van der Waals surface area contributed by atoms with Gasteiger partial charge in [0.15, 0.2) is 5.78 Å². The number of methoxy groups -OCH3 is 1. The molecule has 2 aromatic carbocycles. The van der Waals surface area contributed by atoms with E-state index in [0.29, 0.717) is 36.3 Å². The minimum Gasteiger partial charge on any atom is -0.497 e. The van der Waals surface area contributed by atoms with Gasteiger partial charge in [-0.25, -0.2) is 4.39 Å². The molecule has 1 amide bonds. The average molecular weight is 495 g/mol. The number of fused-ring (bicyclic) bond motifs is 1. The number of rotatable bonds is 7. The van der Waals surface area contributed by atoms with Crippen molar-refractivity contribution in [2.24, 2.45) is 5.41 Å². The molecule has 0 spiro atoms. The lowest BCUT2D eigenvalue weighted by molar-refractivity contribution is -0.140. The van der Waals surface area contributed by atoms with Gasteiger partial charge < -0.3 is 14.2 Å². The smallest absolute Gasteiger partial charge is 0.280 e. The van der Waals surface area contributed by atoms with Crippen LogP contribution < -0.4 is 10.3 Å². The summed E-state index contributed by atoms with van der Waals surface area (Å²) in [5.74, 6) is -0.00442. The topological polar surface area (TPSA) is 92.6 Å². The van der Waals surface area contributed by atoms with E-state index < -0.39 is 11.6 Å². The van der Waals surface area contributed by atoms with E-state index in [2.05, 4.69) is 5.16 Å². The van der Waals surface area contributed by atoms with E-state index in [4.69, 9.17) is 9.26 Å². The maximum Gasteiger partial charge on any atom is 0.280 e. The Labute approximate surface area is 209 Å². The Balaban J connectivity index is 1.62. The van der Waals surface area contributed by atoms with E-state index in [1.54, 1.807) is 31.4 Å². The number of H-pyrrole nitrogens is 1. The number of ketones is 1. The fourth-order valence-corrected chi connectivity index (χ4v) is 4.72. The molecule has 1 aromatic heterocycles. The number of benzene rings is 2. The predicted octanol–water partition coefficient (Wildman–Crippen LogP) is 4.18. The molecule has 0 fully saturated rings. The molecule has 1 aliphatic heterocycles. The van der Waals surface area contributed by atoms with Crippen molar-refractivity contribution in [2.75, 3.05) is 13.7 Å². The first-order valence-electron chi connectivity index (χ1n) is 12.0. The van der Waals surface area contributed by atoms with E-state index in [0.717, 1.165) is 11.1 Å². The lowest BCUT2D eigenvalue weighted by atomic mass is 9.86. The van der Waals surface area contributed by atoms with Crippen molar-refractivity contribution < 1.29 is 23.2 Å². The Bertz CT molecular complexity index is 1330. The van der Waals surface area contributed by atoms with E-state index in [1.807, 2.05) is 26.8 Å². The molecule has 1 aliphatic rings. The number of aromatic nitrogens is 1. The third-order valence-corrected chi connectivity index (χ3v) is 6.32. The van der Waals surface area contributed by atoms with E-state index in [1.165, 1.54) is 17.0 Å². The zero-order chi connectivity index (χ0) is 26.0. The van der Waals surface area contributed by atoms with Gasteiger partial charge in [0.2, 0.25) is 5.91 Å². The van der Waals surface area contributed by atoms with Gasteiger partial charge in [0.1, 0.15) is 23.4 Å². The molecule has 0 aliphatic carbocycles. The van der Waals surface area contributed by atoms with Crippen molar-refractivity contribution in [2.45, 2.75) is 52.5 Å². The standard InChI is InChI=1S/C28H31FN2O5/c1-28(2,3)16-19-6-5-17(11-23(19)29)12-24(32)27-22-8-7-20(35-4)13-18(22)9-10-31(27)26(34)15-21-14-25(33)30-36-21/h5-8,11,13-14,27H,9-10,12,15-16H2,1-4H3,(H,30,33). The summed E-state index contributed by atoms with van der Waals surface area (Å²) < 4.78 is 25.2. The van der Waals surface area contributed by atoms with Crippen LogP contribution in [-0.2, 0) is 35.3 Å². The Hall–Kier alpha value is -3.68.